The first-order valence-electron chi connectivity index (χ1n) is 6.35. The molecule has 0 aliphatic rings. The van der Waals surface area contributed by atoms with Crippen molar-refractivity contribution >= 4 is 21.8 Å². The van der Waals surface area contributed by atoms with Gasteiger partial charge in [0.1, 0.15) is 5.75 Å². The van der Waals surface area contributed by atoms with Crippen LogP contribution in [-0.4, -0.2) is 23.2 Å². The highest BCUT2D eigenvalue weighted by molar-refractivity contribution is 6.08. The fourth-order valence-corrected chi connectivity index (χ4v) is 2.28. The van der Waals surface area contributed by atoms with Gasteiger partial charge < -0.3 is 9.72 Å². The Morgan fingerprint density at radius 2 is 2.16 bits per heavy atom. The van der Waals surface area contributed by atoms with Crippen LogP contribution in [0, 0.1) is 6.92 Å². The molecule has 2 aromatic heterocycles. The molecule has 0 atom stereocenters. The summed E-state index contributed by atoms with van der Waals surface area (Å²) < 4.78 is 17.5. The van der Waals surface area contributed by atoms with Crippen molar-refractivity contribution in [1.82, 2.24) is 9.97 Å². The Bertz CT molecular complexity index is 721. The molecule has 0 unspecified atom stereocenters. The normalized spacial score (nSPS) is 11.3. The summed E-state index contributed by atoms with van der Waals surface area (Å²) in [4.78, 5) is 7.64. The zero-order valence-corrected chi connectivity index (χ0v) is 10.7. The third-order valence-corrected chi connectivity index (χ3v) is 3.23. The van der Waals surface area contributed by atoms with E-state index >= 15 is 0 Å². The Labute approximate surface area is 110 Å². The monoisotopic (exact) mass is 257 g/mol. The highest BCUT2D eigenvalue weighted by atomic mass is 18.2. The smallest absolute Gasteiger partial charge is 0.121 e. The number of hydrogen-bond donors (Lipinski definition) is 1. The number of benzene rings is 1. The van der Waals surface area contributed by atoms with E-state index < -0.39 is 0 Å². The SMILES string of the molecule is Cc1nccc2c1[nH]c1cc(OCCC[18F])ccc12. The lowest BCUT2D eigenvalue weighted by molar-refractivity contribution is 0.290. The number of fused-ring (bicyclic) bond motifs is 3. The van der Waals surface area contributed by atoms with Crippen LogP contribution in [0.4, 0.5) is 4.39 Å². The summed E-state index contributed by atoms with van der Waals surface area (Å²) >= 11 is 0. The minimum absolute atomic E-state index is 0.348. The van der Waals surface area contributed by atoms with Gasteiger partial charge in [-0.2, -0.15) is 0 Å². The Balaban J connectivity index is 2.04. The summed E-state index contributed by atoms with van der Waals surface area (Å²) in [6.07, 6.45) is 2.24. The van der Waals surface area contributed by atoms with Crippen LogP contribution in [0.25, 0.3) is 21.8 Å². The minimum Gasteiger partial charge on any atom is -0.493 e. The summed E-state index contributed by atoms with van der Waals surface area (Å²) in [7, 11) is 0. The second kappa shape index (κ2) is 4.88. The van der Waals surface area contributed by atoms with Crippen molar-refractivity contribution in [2.24, 2.45) is 0 Å². The molecule has 1 N–H and O–H groups in total. The molecule has 0 saturated heterocycles. The lowest BCUT2D eigenvalue weighted by Crippen LogP contribution is -1.97. The van der Waals surface area contributed by atoms with E-state index in [0.717, 1.165) is 33.2 Å². The molecule has 1 aromatic carbocycles. The van der Waals surface area contributed by atoms with Gasteiger partial charge in [-0.15, -0.1) is 0 Å². The van der Waals surface area contributed by atoms with E-state index in [2.05, 4.69) is 9.97 Å². The average Bonchev–Trinajstić information content (AvgIpc) is 2.79. The van der Waals surface area contributed by atoms with E-state index in [-0.39, 0.29) is 6.67 Å². The summed E-state index contributed by atoms with van der Waals surface area (Å²) in [6, 6.07) is 7.90. The predicted octanol–water partition coefficient (Wildman–Crippen LogP) is 3.76. The Morgan fingerprint density at radius 1 is 1.26 bits per heavy atom. The minimum atomic E-state index is -0.348. The van der Waals surface area contributed by atoms with E-state index in [4.69, 9.17) is 4.74 Å². The number of halogens is 1. The number of aryl methyl sites for hydroxylation is 1. The molecule has 0 saturated carbocycles. The van der Waals surface area contributed by atoms with Gasteiger partial charge in [-0.25, -0.2) is 0 Å². The average molecular weight is 257 g/mol. The van der Waals surface area contributed by atoms with Crippen LogP contribution in [0.3, 0.4) is 0 Å². The molecule has 0 aliphatic carbocycles. The fraction of sp³-hybridized carbons (Fsp3) is 0.267. The summed E-state index contributed by atoms with van der Waals surface area (Å²) in [5, 5.41) is 2.32. The number of rotatable bonds is 4. The fourth-order valence-electron chi connectivity index (χ4n) is 2.28. The maximum absolute atomic E-state index is 12.0. The highest BCUT2D eigenvalue weighted by Crippen LogP contribution is 2.29. The second-order valence-corrected chi connectivity index (χ2v) is 4.54. The van der Waals surface area contributed by atoms with Crippen LogP contribution in [0.1, 0.15) is 12.1 Å². The van der Waals surface area contributed by atoms with E-state index in [1.165, 1.54) is 0 Å². The first kappa shape index (κ1) is 12.0. The van der Waals surface area contributed by atoms with Gasteiger partial charge in [0, 0.05) is 29.5 Å². The van der Waals surface area contributed by atoms with Gasteiger partial charge in [-0.3, -0.25) is 9.37 Å². The van der Waals surface area contributed by atoms with E-state index in [9.17, 15) is 4.39 Å². The standard InChI is InChI=1S/C15H15FN2O/c1-10-15-13(5-7-17-10)12-4-3-11(9-14(12)18-15)19-8-2-6-16/h3-5,7,9,18H,2,6,8H2,1H3/i16-1. The van der Waals surface area contributed by atoms with Gasteiger partial charge in [0.05, 0.1) is 30.0 Å². The lowest BCUT2D eigenvalue weighted by atomic mass is 10.1. The number of alkyl halides is 1. The van der Waals surface area contributed by atoms with E-state index in [1.807, 2.05) is 37.4 Å². The lowest BCUT2D eigenvalue weighted by Gasteiger charge is -2.04. The van der Waals surface area contributed by atoms with Gasteiger partial charge >= 0.3 is 0 Å². The Morgan fingerprint density at radius 3 is 3.00 bits per heavy atom. The number of hydrogen-bond acceptors (Lipinski definition) is 2. The van der Waals surface area contributed by atoms with Gasteiger partial charge in [0.25, 0.3) is 0 Å². The third-order valence-electron chi connectivity index (χ3n) is 3.23. The number of pyridine rings is 1. The number of nitrogens with zero attached hydrogens (tertiary/aromatic N) is 1. The van der Waals surface area contributed by atoms with E-state index in [1.54, 1.807) is 0 Å². The molecular weight excluding hydrogens is 242 g/mol. The van der Waals surface area contributed by atoms with Gasteiger partial charge in [-0.05, 0) is 25.1 Å². The van der Waals surface area contributed by atoms with Crippen molar-refractivity contribution in [3.63, 3.8) is 0 Å². The van der Waals surface area contributed by atoms with Crippen LogP contribution >= 0.6 is 0 Å². The molecule has 3 nitrogen and oxygen atoms in total. The summed E-state index contributed by atoms with van der Waals surface area (Å²) in [5.74, 6) is 0.762. The van der Waals surface area contributed by atoms with Crippen molar-refractivity contribution in [2.75, 3.05) is 13.3 Å². The summed E-state index contributed by atoms with van der Waals surface area (Å²) in [6.45, 7) is 2.04. The van der Waals surface area contributed by atoms with Crippen LogP contribution in [0.5, 0.6) is 5.75 Å². The second-order valence-electron chi connectivity index (χ2n) is 4.54. The van der Waals surface area contributed by atoms with Crippen molar-refractivity contribution in [3.05, 3.63) is 36.2 Å². The topological polar surface area (TPSA) is 37.9 Å². The van der Waals surface area contributed by atoms with Gasteiger partial charge in [0.2, 0.25) is 0 Å². The van der Waals surface area contributed by atoms with Crippen LogP contribution in [0.15, 0.2) is 30.5 Å². The number of H-pyrrole nitrogens is 1. The molecule has 0 fully saturated rings. The summed E-state index contributed by atoms with van der Waals surface area (Å²) in [5.41, 5.74) is 3.05. The first-order chi connectivity index (χ1) is 9.29. The number of ether oxygens (including phenoxy) is 1. The zero-order chi connectivity index (χ0) is 13.2. The van der Waals surface area contributed by atoms with Gasteiger partial charge in [-0.1, -0.05) is 0 Å². The Kier molecular flexibility index (Phi) is 3.07. The van der Waals surface area contributed by atoms with Crippen molar-refractivity contribution in [1.29, 1.82) is 0 Å². The molecule has 0 radical (unpaired) electrons. The number of nitrogens with one attached hydrogen (secondary N) is 1. The first-order valence-corrected chi connectivity index (χ1v) is 6.35. The molecule has 4 heteroatoms. The van der Waals surface area contributed by atoms with Crippen molar-refractivity contribution in [3.8, 4) is 5.75 Å². The Hall–Kier alpha value is -2.10. The maximum Gasteiger partial charge on any atom is 0.121 e. The number of aromatic amines is 1. The van der Waals surface area contributed by atoms with Gasteiger partial charge in [0.15, 0.2) is 0 Å². The van der Waals surface area contributed by atoms with Crippen LogP contribution in [-0.2, 0) is 0 Å². The molecule has 2 heterocycles. The molecule has 0 amide bonds. The number of aromatic nitrogens is 2. The van der Waals surface area contributed by atoms with Crippen molar-refractivity contribution in [2.45, 2.75) is 13.3 Å². The van der Waals surface area contributed by atoms with Crippen LogP contribution in [0.2, 0.25) is 0 Å². The van der Waals surface area contributed by atoms with Crippen LogP contribution < -0.4 is 4.74 Å². The maximum atomic E-state index is 12.0. The zero-order valence-electron chi connectivity index (χ0n) is 10.7. The molecular formula is C15H15FN2O. The van der Waals surface area contributed by atoms with Crippen molar-refractivity contribution < 1.29 is 9.13 Å². The largest absolute Gasteiger partial charge is 0.493 e. The molecule has 3 aromatic rings. The predicted molar refractivity (Wildman–Crippen MR) is 74.4 cm³/mol. The van der Waals surface area contributed by atoms with E-state index in [0.29, 0.717) is 13.0 Å². The molecule has 3 rings (SSSR count). The third kappa shape index (κ3) is 2.14. The molecule has 0 bridgehead atoms. The quantitative estimate of drug-likeness (QED) is 0.722. The molecule has 19 heavy (non-hydrogen) atoms. The highest BCUT2D eigenvalue weighted by Gasteiger charge is 2.07. The molecule has 0 aliphatic heterocycles. The molecule has 98 valence electrons. The molecule has 0 spiro atoms.